The van der Waals surface area contributed by atoms with E-state index in [0.717, 1.165) is 16.4 Å². The van der Waals surface area contributed by atoms with Gasteiger partial charge in [0.25, 0.3) is 5.91 Å². The maximum absolute atomic E-state index is 14.3. The highest BCUT2D eigenvalue weighted by atomic mass is 32.2. The second-order valence-electron chi connectivity index (χ2n) is 7.12. The van der Waals surface area contributed by atoms with Crippen molar-refractivity contribution in [1.82, 2.24) is 14.3 Å². The molecule has 0 saturated carbocycles. The van der Waals surface area contributed by atoms with Gasteiger partial charge in [0.05, 0.1) is 19.0 Å². The lowest BCUT2D eigenvalue weighted by Crippen LogP contribution is -2.41. The lowest BCUT2D eigenvalue weighted by Gasteiger charge is -2.26. The second kappa shape index (κ2) is 10.0. The lowest BCUT2D eigenvalue weighted by molar-refractivity contribution is 0.0729. The number of ether oxygens (including phenoxy) is 1. The van der Waals surface area contributed by atoms with E-state index < -0.39 is 36.7 Å². The van der Waals surface area contributed by atoms with E-state index in [1.54, 1.807) is 24.3 Å². The molecule has 0 spiro atoms. The van der Waals surface area contributed by atoms with Crippen molar-refractivity contribution in [2.24, 2.45) is 0 Å². The molecule has 1 amide bonds. The van der Waals surface area contributed by atoms with Gasteiger partial charge < -0.3 is 10.1 Å². The van der Waals surface area contributed by atoms with Gasteiger partial charge in [-0.15, -0.1) is 0 Å². The largest absolute Gasteiger partial charge is 0.379 e. The SMILES string of the molecule is CNS(=O)(=O)Cc1ccc(CNC(=O)c2ccc(F)c(S(=O)(=O)N3CCOCC3)c2)cc1. The van der Waals surface area contributed by atoms with Crippen LogP contribution >= 0.6 is 0 Å². The normalized spacial score (nSPS) is 15.4. The van der Waals surface area contributed by atoms with Crippen LogP contribution in [-0.2, 0) is 37.1 Å². The van der Waals surface area contributed by atoms with Gasteiger partial charge in [0.1, 0.15) is 10.7 Å². The highest BCUT2D eigenvalue weighted by Crippen LogP contribution is 2.22. The number of halogens is 1. The molecule has 9 nitrogen and oxygen atoms in total. The molecule has 1 fully saturated rings. The predicted molar refractivity (Wildman–Crippen MR) is 115 cm³/mol. The molecule has 1 heterocycles. The van der Waals surface area contributed by atoms with Crippen molar-refractivity contribution in [3.05, 3.63) is 65.0 Å². The molecule has 0 aromatic heterocycles. The van der Waals surface area contributed by atoms with Crippen molar-refractivity contribution in [2.45, 2.75) is 17.2 Å². The molecule has 2 aromatic carbocycles. The maximum atomic E-state index is 14.3. The molecular formula is C20H24FN3O6S2. The van der Waals surface area contributed by atoms with E-state index in [0.29, 0.717) is 11.1 Å². The van der Waals surface area contributed by atoms with Crippen LogP contribution in [0.4, 0.5) is 4.39 Å². The molecule has 12 heteroatoms. The fourth-order valence-electron chi connectivity index (χ4n) is 3.10. The topological polar surface area (TPSA) is 122 Å². The Morgan fingerprint density at radius 3 is 2.28 bits per heavy atom. The fourth-order valence-corrected chi connectivity index (χ4v) is 5.37. The number of sulfonamides is 2. The Balaban J connectivity index is 1.69. The molecule has 0 radical (unpaired) electrons. The van der Waals surface area contributed by atoms with E-state index in [9.17, 15) is 26.0 Å². The Morgan fingerprint density at radius 2 is 1.66 bits per heavy atom. The molecule has 0 aliphatic carbocycles. The Labute approximate surface area is 186 Å². The molecule has 0 atom stereocenters. The Hall–Kier alpha value is -2.38. The second-order valence-corrected chi connectivity index (χ2v) is 11.0. The molecule has 0 unspecified atom stereocenters. The molecule has 174 valence electrons. The zero-order valence-corrected chi connectivity index (χ0v) is 19.0. The summed E-state index contributed by atoms with van der Waals surface area (Å²) in [5.41, 5.74) is 1.31. The summed E-state index contributed by atoms with van der Waals surface area (Å²) in [6.07, 6.45) is 0. The highest BCUT2D eigenvalue weighted by Gasteiger charge is 2.29. The summed E-state index contributed by atoms with van der Waals surface area (Å²) in [7, 11) is -6.14. The highest BCUT2D eigenvalue weighted by molar-refractivity contribution is 7.89. The van der Waals surface area contributed by atoms with Crippen molar-refractivity contribution in [3.8, 4) is 0 Å². The summed E-state index contributed by atoms with van der Waals surface area (Å²) in [6.45, 7) is 0.801. The predicted octanol–water partition coefficient (Wildman–Crippen LogP) is 0.826. The number of nitrogens with zero attached hydrogens (tertiary/aromatic N) is 1. The maximum Gasteiger partial charge on any atom is 0.251 e. The van der Waals surface area contributed by atoms with Crippen molar-refractivity contribution in [2.75, 3.05) is 33.4 Å². The average molecular weight is 486 g/mol. The molecule has 32 heavy (non-hydrogen) atoms. The van der Waals surface area contributed by atoms with Gasteiger partial charge in [0, 0.05) is 25.2 Å². The van der Waals surface area contributed by atoms with Gasteiger partial charge in [-0.1, -0.05) is 24.3 Å². The van der Waals surface area contributed by atoms with E-state index in [-0.39, 0.29) is 44.2 Å². The Bertz CT molecular complexity index is 1180. The standard InChI is InChI=1S/C20H24FN3O6S2/c1-22-31(26,27)14-16-4-2-15(3-5-16)13-23-20(25)17-6-7-18(21)19(12-17)32(28,29)24-8-10-30-11-9-24/h2-7,12,22H,8-11,13-14H2,1H3,(H,23,25). The summed E-state index contributed by atoms with van der Waals surface area (Å²) in [5, 5.41) is 2.65. The van der Waals surface area contributed by atoms with E-state index in [2.05, 4.69) is 10.0 Å². The minimum absolute atomic E-state index is 0.00923. The van der Waals surface area contributed by atoms with Gasteiger partial charge in [-0.3, -0.25) is 4.79 Å². The summed E-state index contributed by atoms with van der Waals surface area (Å²) >= 11 is 0. The van der Waals surface area contributed by atoms with Crippen molar-refractivity contribution < 1.29 is 30.8 Å². The van der Waals surface area contributed by atoms with Gasteiger partial charge in [0.2, 0.25) is 20.0 Å². The number of hydrogen-bond acceptors (Lipinski definition) is 6. The summed E-state index contributed by atoms with van der Waals surface area (Å²) in [6, 6.07) is 9.84. The van der Waals surface area contributed by atoms with E-state index in [1.165, 1.54) is 13.1 Å². The third-order valence-corrected chi connectivity index (χ3v) is 8.17. The van der Waals surface area contributed by atoms with Crippen molar-refractivity contribution >= 4 is 26.0 Å². The third kappa shape index (κ3) is 5.90. The number of amides is 1. The van der Waals surface area contributed by atoms with Gasteiger partial charge in [-0.05, 0) is 36.4 Å². The number of nitrogens with one attached hydrogen (secondary N) is 2. The van der Waals surface area contributed by atoms with E-state index >= 15 is 0 Å². The molecule has 2 aromatic rings. The van der Waals surface area contributed by atoms with Crippen LogP contribution in [0.1, 0.15) is 21.5 Å². The molecule has 1 saturated heterocycles. The first-order valence-corrected chi connectivity index (χ1v) is 12.9. The van der Waals surface area contributed by atoms with Crippen LogP contribution in [0.25, 0.3) is 0 Å². The van der Waals surface area contributed by atoms with E-state index in [1.807, 2.05) is 0 Å². The van der Waals surface area contributed by atoms with Crippen LogP contribution in [0, 0.1) is 5.82 Å². The van der Waals surface area contributed by atoms with Crippen molar-refractivity contribution in [1.29, 1.82) is 0 Å². The summed E-state index contributed by atoms with van der Waals surface area (Å²) < 4.78 is 71.5. The van der Waals surface area contributed by atoms with Gasteiger partial charge in [-0.2, -0.15) is 4.31 Å². The number of benzene rings is 2. The molecule has 0 bridgehead atoms. The van der Waals surface area contributed by atoms with Crippen LogP contribution in [0.2, 0.25) is 0 Å². The molecule has 3 rings (SSSR count). The third-order valence-electron chi connectivity index (χ3n) is 4.93. The van der Waals surface area contributed by atoms with Gasteiger partial charge in [0.15, 0.2) is 0 Å². The zero-order valence-electron chi connectivity index (χ0n) is 17.4. The number of carbonyl (C=O) groups excluding carboxylic acids is 1. The number of hydrogen-bond donors (Lipinski definition) is 2. The van der Waals surface area contributed by atoms with Crippen LogP contribution < -0.4 is 10.0 Å². The quantitative estimate of drug-likeness (QED) is 0.571. The first kappa shape index (κ1) is 24.3. The number of rotatable bonds is 8. The van der Waals surface area contributed by atoms with Crippen LogP contribution in [0.3, 0.4) is 0 Å². The minimum atomic E-state index is -4.09. The van der Waals surface area contributed by atoms with Gasteiger partial charge in [-0.25, -0.2) is 25.9 Å². The zero-order chi connectivity index (χ0) is 23.4. The summed E-state index contributed by atoms with van der Waals surface area (Å²) in [5.74, 6) is -1.66. The minimum Gasteiger partial charge on any atom is -0.379 e. The lowest BCUT2D eigenvalue weighted by atomic mass is 10.1. The van der Waals surface area contributed by atoms with E-state index in [4.69, 9.17) is 4.74 Å². The Morgan fingerprint density at radius 1 is 1.03 bits per heavy atom. The molecule has 1 aliphatic rings. The van der Waals surface area contributed by atoms with Crippen LogP contribution in [0.15, 0.2) is 47.4 Å². The van der Waals surface area contributed by atoms with Crippen molar-refractivity contribution in [3.63, 3.8) is 0 Å². The van der Waals surface area contributed by atoms with Crippen LogP contribution in [-0.4, -0.2) is 60.4 Å². The van der Waals surface area contributed by atoms with Crippen LogP contribution in [0.5, 0.6) is 0 Å². The first-order chi connectivity index (χ1) is 15.1. The molecular weight excluding hydrogens is 461 g/mol. The molecule has 1 aliphatic heterocycles. The Kier molecular flexibility index (Phi) is 7.62. The van der Waals surface area contributed by atoms with Gasteiger partial charge >= 0.3 is 0 Å². The smallest absolute Gasteiger partial charge is 0.251 e. The fraction of sp³-hybridized carbons (Fsp3) is 0.350. The summed E-state index contributed by atoms with van der Waals surface area (Å²) in [4.78, 5) is 12.0. The average Bonchev–Trinajstić information content (AvgIpc) is 2.79. The number of morpholine rings is 1. The molecule has 2 N–H and O–H groups in total. The first-order valence-electron chi connectivity index (χ1n) is 9.77. The number of carbonyl (C=O) groups is 1. The monoisotopic (exact) mass is 485 g/mol.